The van der Waals surface area contributed by atoms with E-state index in [0.717, 1.165) is 0 Å². The van der Waals surface area contributed by atoms with Crippen molar-refractivity contribution in [2.24, 2.45) is 5.73 Å². The molecule has 4 nitrogen and oxygen atoms in total. The Morgan fingerprint density at radius 1 is 1.33 bits per heavy atom. The summed E-state index contributed by atoms with van der Waals surface area (Å²) in [4.78, 5) is 11.2. The quantitative estimate of drug-likeness (QED) is 0.573. The van der Waals surface area contributed by atoms with E-state index in [2.05, 4.69) is 33.9 Å². The zero-order valence-corrected chi connectivity index (χ0v) is 13.7. The van der Waals surface area contributed by atoms with E-state index in [-0.39, 0.29) is 23.5 Å². The van der Waals surface area contributed by atoms with Gasteiger partial charge < -0.3 is 14.9 Å². The van der Waals surface area contributed by atoms with Gasteiger partial charge in [-0.05, 0) is 31.5 Å². The Morgan fingerprint density at radius 3 is 2.33 bits per heavy atom. The summed E-state index contributed by atoms with van der Waals surface area (Å²) in [6, 6.07) is -0.172. The Morgan fingerprint density at radius 2 is 1.89 bits per heavy atom. The molecule has 0 fully saturated rings. The van der Waals surface area contributed by atoms with Crippen molar-refractivity contribution in [2.75, 3.05) is 13.2 Å². The molecule has 0 heterocycles. The van der Waals surface area contributed by atoms with Crippen LogP contribution >= 0.6 is 0 Å². The molecule has 0 rings (SSSR count). The first kappa shape index (κ1) is 17.6. The summed E-state index contributed by atoms with van der Waals surface area (Å²) in [6.45, 7) is 13.9. The fourth-order valence-electron chi connectivity index (χ4n) is 1.22. The number of esters is 1. The predicted octanol–water partition coefficient (Wildman–Crippen LogP) is 2.68. The summed E-state index contributed by atoms with van der Waals surface area (Å²) in [6.07, 6.45) is 0.972. The minimum atomic E-state index is -1.70. The van der Waals surface area contributed by atoms with Crippen molar-refractivity contribution in [1.29, 1.82) is 0 Å². The van der Waals surface area contributed by atoms with Crippen molar-refractivity contribution in [3.63, 3.8) is 0 Å². The molecule has 0 aromatic carbocycles. The molecule has 0 aromatic rings. The number of hydrogen-bond donors (Lipinski definition) is 1. The minimum Gasteiger partial charge on any atom is -0.466 e. The Kier molecular flexibility index (Phi) is 7.10. The minimum absolute atomic E-state index is 0.172. The Labute approximate surface area is 112 Å². The highest BCUT2D eigenvalue weighted by molar-refractivity contribution is 6.74. The third-order valence-electron chi connectivity index (χ3n) is 3.49. The summed E-state index contributed by atoms with van der Waals surface area (Å²) in [5.41, 5.74) is 5.88. The first-order valence-corrected chi connectivity index (χ1v) is 9.56. The second-order valence-corrected chi connectivity index (χ2v) is 11.0. The lowest BCUT2D eigenvalue weighted by Crippen LogP contribution is -2.41. The maximum Gasteiger partial charge on any atom is 0.307 e. The highest BCUT2D eigenvalue weighted by Crippen LogP contribution is 2.36. The molecule has 0 bridgehead atoms. The Balaban J connectivity index is 3.94. The number of ether oxygens (including phenoxy) is 1. The van der Waals surface area contributed by atoms with E-state index in [1.807, 2.05) is 0 Å². The molecule has 0 aliphatic carbocycles. The smallest absolute Gasteiger partial charge is 0.307 e. The van der Waals surface area contributed by atoms with Crippen molar-refractivity contribution in [3.05, 3.63) is 0 Å². The van der Waals surface area contributed by atoms with Crippen molar-refractivity contribution in [3.8, 4) is 0 Å². The van der Waals surface area contributed by atoms with Gasteiger partial charge >= 0.3 is 5.97 Å². The molecular formula is C13H29NO3Si. The number of carbonyl (C=O) groups excluding carboxylic acids is 1. The third-order valence-corrected chi connectivity index (χ3v) is 8.03. The summed E-state index contributed by atoms with van der Waals surface area (Å²) in [5, 5.41) is 0.207. The number of carbonyl (C=O) groups is 1. The maximum atomic E-state index is 11.2. The van der Waals surface area contributed by atoms with E-state index in [9.17, 15) is 4.79 Å². The van der Waals surface area contributed by atoms with E-state index < -0.39 is 8.32 Å². The van der Waals surface area contributed by atoms with Crippen LogP contribution in [0.1, 0.15) is 40.5 Å². The molecule has 2 N–H and O–H groups in total. The fourth-order valence-corrected chi connectivity index (χ4v) is 2.28. The van der Waals surface area contributed by atoms with E-state index >= 15 is 0 Å². The van der Waals surface area contributed by atoms with Gasteiger partial charge in [0.25, 0.3) is 0 Å². The Bertz CT molecular complexity index is 261. The number of hydrogen-bond acceptors (Lipinski definition) is 4. The van der Waals surface area contributed by atoms with Crippen LogP contribution < -0.4 is 5.73 Å². The SMILES string of the molecule is CCOC(=O)CC(N)CCO[Si](C)(C)C(C)(C)C. The van der Waals surface area contributed by atoms with Gasteiger partial charge in [0.15, 0.2) is 8.32 Å². The average Bonchev–Trinajstić information content (AvgIpc) is 2.15. The van der Waals surface area contributed by atoms with Crippen LogP contribution in [0.3, 0.4) is 0 Å². The van der Waals surface area contributed by atoms with Crippen LogP contribution in [-0.4, -0.2) is 33.5 Å². The summed E-state index contributed by atoms with van der Waals surface area (Å²) >= 11 is 0. The van der Waals surface area contributed by atoms with E-state index in [1.165, 1.54) is 0 Å². The molecule has 0 saturated heterocycles. The molecule has 0 aromatic heterocycles. The summed E-state index contributed by atoms with van der Waals surface area (Å²) in [7, 11) is -1.70. The van der Waals surface area contributed by atoms with Crippen LogP contribution in [0.5, 0.6) is 0 Å². The maximum absolute atomic E-state index is 11.2. The van der Waals surface area contributed by atoms with Gasteiger partial charge in [0.05, 0.1) is 13.0 Å². The van der Waals surface area contributed by atoms with E-state index in [1.54, 1.807) is 6.92 Å². The topological polar surface area (TPSA) is 61.5 Å². The molecule has 0 saturated carbocycles. The molecule has 0 amide bonds. The standard InChI is InChI=1S/C13H29NO3Si/c1-7-16-12(15)10-11(14)8-9-17-18(5,6)13(2,3)4/h11H,7-10,14H2,1-6H3. The molecule has 1 unspecified atom stereocenters. The van der Waals surface area contributed by atoms with Crippen LogP contribution in [-0.2, 0) is 14.0 Å². The highest BCUT2D eigenvalue weighted by Gasteiger charge is 2.36. The largest absolute Gasteiger partial charge is 0.466 e. The molecule has 0 spiro atoms. The lowest BCUT2D eigenvalue weighted by molar-refractivity contribution is -0.143. The summed E-state index contributed by atoms with van der Waals surface area (Å²) in [5.74, 6) is -0.225. The van der Waals surface area contributed by atoms with Crippen molar-refractivity contribution in [2.45, 2.75) is 64.7 Å². The molecule has 0 aliphatic rings. The molecule has 0 radical (unpaired) electrons. The molecule has 5 heteroatoms. The van der Waals surface area contributed by atoms with Gasteiger partial charge in [0, 0.05) is 12.6 Å². The highest BCUT2D eigenvalue weighted by atomic mass is 28.4. The fraction of sp³-hybridized carbons (Fsp3) is 0.923. The van der Waals surface area contributed by atoms with Gasteiger partial charge in [-0.2, -0.15) is 0 Å². The first-order chi connectivity index (χ1) is 8.10. The third kappa shape index (κ3) is 6.52. The second kappa shape index (κ2) is 7.26. The number of rotatable bonds is 7. The van der Waals surface area contributed by atoms with E-state index in [4.69, 9.17) is 14.9 Å². The van der Waals surface area contributed by atoms with Gasteiger partial charge in [-0.1, -0.05) is 20.8 Å². The lowest BCUT2D eigenvalue weighted by Gasteiger charge is -2.36. The molecule has 0 aliphatic heterocycles. The van der Waals surface area contributed by atoms with Gasteiger partial charge in [-0.25, -0.2) is 0 Å². The van der Waals surface area contributed by atoms with Gasteiger partial charge in [0.1, 0.15) is 0 Å². The van der Waals surface area contributed by atoms with Crippen molar-refractivity contribution >= 4 is 14.3 Å². The molecule has 18 heavy (non-hydrogen) atoms. The first-order valence-electron chi connectivity index (χ1n) is 6.65. The van der Waals surface area contributed by atoms with E-state index in [0.29, 0.717) is 19.6 Å². The predicted molar refractivity (Wildman–Crippen MR) is 77.0 cm³/mol. The number of nitrogens with two attached hydrogens (primary N) is 1. The normalized spacial score (nSPS) is 14.4. The van der Waals surface area contributed by atoms with Crippen LogP contribution in [0.4, 0.5) is 0 Å². The van der Waals surface area contributed by atoms with Crippen LogP contribution in [0.2, 0.25) is 18.1 Å². The van der Waals surface area contributed by atoms with Crippen molar-refractivity contribution < 1.29 is 14.0 Å². The van der Waals surface area contributed by atoms with Crippen LogP contribution in [0, 0.1) is 0 Å². The zero-order valence-electron chi connectivity index (χ0n) is 12.7. The van der Waals surface area contributed by atoms with Gasteiger partial charge in [-0.3, -0.25) is 4.79 Å². The monoisotopic (exact) mass is 275 g/mol. The molecular weight excluding hydrogens is 246 g/mol. The van der Waals surface area contributed by atoms with Gasteiger partial charge in [-0.15, -0.1) is 0 Å². The lowest BCUT2D eigenvalue weighted by atomic mass is 10.2. The van der Waals surface area contributed by atoms with Crippen LogP contribution in [0.15, 0.2) is 0 Å². The summed E-state index contributed by atoms with van der Waals surface area (Å²) < 4.78 is 10.9. The Hall–Kier alpha value is -0.393. The van der Waals surface area contributed by atoms with Gasteiger partial charge in [0.2, 0.25) is 0 Å². The average molecular weight is 275 g/mol. The zero-order chi connectivity index (χ0) is 14.4. The van der Waals surface area contributed by atoms with Crippen LogP contribution in [0.25, 0.3) is 0 Å². The molecule has 108 valence electrons. The second-order valence-electron chi connectivity index (χ2n) is 6.17. The molecule has 1 atom stereocenters. The van der Waals surface area contributed by atoms with Crippen molar-refractivity contribution in [1.82, 2.24) is 0 Å².